The molecule has 2 nitrogen and oxygen atoms in total. The molecule has 6 rings (SSSR count). The van der Waals surface area contributed by atoms with Crippen molar-refractivity contribution < 1.29 is 4.79 Å². The van der Waals surface area contributed by atoms with E-state index in [1.54, 1.807) is 0 Å². The smallest absolute Gasteiger partial charge is 0.252 e. The summed E-state index contributed by atoms with van der Waals surface area (Å²) in [6.07, 6.45) is 7.76. The van der Waals surface area contributed by atoms with E-state index in [0.717, 1.165) is 40.0 Å². The number of nitrogens with one attached hydrogen (secondary N) is 1. The van der Waals surface area contributed by atoms with Crippen LogP contribution >= 0.6 is 0 Å². The minimum absolute atomic E-state index is 0.0557. The molecule has 4 aliphatic rings. The maximum atomic E-state index is 13.4. The number of rotatable bonds is 3. The van der Waals surface area contributed by atoms with Gasteiger partial charge in [-0.1, -0.05) is 47.5 Å². The van der Waals surface area contributed by atoms with E-state index in [9.17, 15) is 4.79 Å². The molecule has 27 heavy (non-hydrogen) atoms. The molecular weight excluding hydrogens is 330 g/mol. The standard InChI is InChI=1S/C25H29NO/c1-16-3-6-21(7-4-16)22-8-5-17(2)9-23(22)24(27)26-25-13-18-10-19(14-25)12-20(11-18)15-25/h3-9,18-20H,10-15H2,1-2H3,(H,26,27). The normalized spacial score (nSPS) is 31.1. The molecule has 0 spiro atoms. The third-order valence-corrected chi connectivity index (χ3v) is 7.20. The Morgan fingerprint density at radius 2 is 1.41 bits per heavy atom. The lowest BCUT2D eigenvalue weighted by Gasteiger charge is -2.56. The van der Waals surface area contributed by atoms with Crippen LogP contribution < -0.4 is 5.32 Å². The first-order valence-corrected chi connectivity index (χ1v) is 10.5. The van der Waals surface area contributed by atoms with Crippen molar-refractivity contribution in [3.8, 4) is 11.1 Å². The van der Waals surface area contributed by atoms with Crippen LogP contribution in [-0.2, 0) is 0 Å². The van der Waals surface area contributed by atoms with Gasteiger partial charge in [-0.3, -0.25) is 4.79 Å². The highest BCUT2D eigenvalue weighted by Crippen LogP contribution is 2.55. The van der Waals surface area contributed by atoms with E-state index in [4.69, 9.17) is 0 Å². The Bertz CT molecular complexity index is 844. The first kappa shape index (κ1) is 17.0. The fourth-order valence-electron chi connectivity index (χ4n) is 6.40. The number of carbonyl (C=O) groups excluding carboxylic acids is 1. The highest BCUT2D eigenvalue weighted by molar-refractivity contribution is 6.01. The molecule has 0 aromatic heterocycles. The number of aryl methyl sites for hydroxylation is 2. The molecule has 2 aromatic rings. The van der Waals surface area contributed by atoms with Gasteiger partial charge in [-0.15, -0.1) is 0 Å². The largest absolute Gasteiger partial charge is 0.347 e. The zero-order chi connectivity index (χ0) is 18.6. The first-order valence-electron chi connectivity index (χ1n) is 10.5. The lowest BCUT2D eigenvalue weighted by molar-refractivity contribution is -0.0166. The first-order chi connectivity index (χ1) is 13.0. The molecule has 0 aliphatic heterocycles. The quantitative estimate of drug-likeness (QED) is 0.752. The fraction of sp³-hybridized carbons (Fsp3) is 0.480. The number of hydrogen-bond donors (Lipinski definition) is 1. The molecule has 4 aliphatic carbocycles. The summed E-state index contributed by atoms with van der Waals surface area (Å²) in [7, 11) is 0. The van der Waals surface area contributed by atoms with Crippen LogP contribution in [0.2, 0.25) is 0 Å². The third kappa shape index (κ3) is 3.09. The molecule has 1 N–H and O–H groups in total. The molecule has 140 valence electrons. The molecule has 2 heteroatoms. The molecule has 0 unspecified atom stereocenters. The van der Waals surface area contributed by atoms with Gasteiger partial charge in [0.25, 0.3) is 5.91 Å². The molecule has 2 aromatic carbocycles. The van der Waals surface area contributed by atoms with Gasteiger partial charge in [0.05, 0.1) is 0 Å². The van der Waals surface area contributed by atoms with Gasteiger partial charge < -0.3 is 5.32 Å². The van der Waals surface area contributed by atoms with Gasteiger partial charge in [-0.05, 0) is 87.3 Å². The summed E-state index contributed by atoms with van der Waals surface area (Å²) in [6.45, 7) is 4.17. The van der Waals surface area contributed by atoms with Gasteiger partial charge in [0.2, 0.25) is 0 Å². The summed E-state index contributed by atoms with van der Waals surface area (Å²) in [5.41, 5.74) is 5.43. The average Bonchev–Trinajstić information content (AvgIpc) is 2.61. The lowest BCUT2D eigenvalue weighted by atomic mass is 9.53. The third-order valence-electron chi connectivity index (χ3n) is 7.20. The molecular formula is C25H29NO. The van der Waals surface area contributed by atoms with Gasteiger partial charge >= 0.3 is 0 Å². The molecule has 4 fully saturated rings. The fourth-order valence-corrected chi connectivity index (χ4v) is 6.40. The van der Waals surface area contributed by atoms with Crippen LogP contribution in [0.25, 0.3) is 11.1 Å². The Morgan fingerprint density at radius 3 is 2.00 bits per heavy atom. The summed E-state index contributed by atoms with van der Waals surface area (Å²) in [4.78, 5) is 13.4. The second-order valence-electron chi connectivity index (χ2n) is 9.57. The van der Waals surface area contributed by atoms with Crippen LogP contribution in [0.4, 0.5) is 0 Å². The van der Waals surface area contributed by atoms with Crippen LogP contribution in [0.1, 0.15) is 60.0 Å². The average molecular weight is 360 g/mol. The topological polar surface area (TPSA) is 29.1 Å². The maximum Gasteiger partial charge on any atom is 0.252 e. The van der Waals surface area contributed by atoms with Gasteiger partial charge in [0, 0.05) is 11.1 Å². The van der Waals surface area contributed by atoms with Crippen molar-refractivity contribution in [3.63, 3.8) is 0 Å². The van der Waals surface area contributed by atoms with Crippen molar-refractivity contribution in [2.45, 2.75) is 57.9 Å². The van der Waals surface area contributed by atoms with Crippen molar-refractivity contribution in [2.75, 3.05) is 0 Å². The van der Waals surface area contributed by atoms with Crippen LogP contribution in [0.5, 0.6) is 0 Å². The zero-order valence-corrected chi connectivity index (χ0v) is 16.4. The van der Waals surface area contributed by atoms with Crippen molar-refractivity contribution in [1.29, 1.82) is 0 Å². The number of carbonyl (C=O) groups is 1. The van der Waals surface area contributed by atoms with Crippen molar-refractivity contribution in [2.24, 2.45) is 17.8 Å². The van der Waals surface area contributed by atoms with Gasteiger partial charge in [0.1, 0.15) is 0 Å². The van der Waals surface area contributed by atoms with Gasteiger partial charge in [-0.2, -0.15) is 0 Å². The Labute approximate surface area is 162 Å². The molecule has 0 radical (unpaired) electrons. The molecule has 0 heterocycles. The van der Waals surface area contributed by atoms with E-state index < -0.39 is 0 Å². The zero-order valence-electron chi connectivity index (χ0n) is 16.4. The predicted octanol–water partition coefficient (Wildman–Crippen LogP) is 5.67. The van der Waals surface area contributed by atoms with E-state index in [1.165, 1.54) is 44.1 Å². The summed E-state index contributed by atoms with van der Waals surface area (Å²) in [5.74, 6) is 2.64. The highest BCUT2D eigenvalue weighted by atomic mass is 16.1. The molecule has 0 saturated heterocycles. The second-order valence-corrected chi connectivity index (χ2v) is 9.57. The monoisotopic (exact) mass is 359 g/mol. The van der Waals surface area contributed by atoms with E-state index in [1.807, 2.05) is 0 Å². The molecule has 4 bridgehead atoms. The van der Waals surface area contributed by atoms with Crippen LogP contribution in [0.3, 0.4) is 0 Å². The number of amides is 1. The minimum Gasteiger partial charge on any atom is -0.347 e. The minimum atomic E-state index is 0.0557. The van der Waals surface area contributed by atoms with E-state index in [0.29, 0.717) is 0 Å². The molecule has 0 atom stereocenters. The van der Waals surface area contributed by atoms with E-state index in [2.05, 4.69) is 61.6 Å². The summed E-state index contributed by atoms with van der Waals surface area (Å²) in [6, 6.07) is 14.8. The maximum absolute atomic E-state index is 13.4. The summed E-state index contributed by atoms with van der Waals surface area (Å²) < 4.78 is 0. The van der Waals surface area contributed by atoms with Gasteiger partial charge in [0.15, 0.2) is 0 Å². The lowest BCUT2D eigenvalue weighted by Crippen LogP contribution is -2.59. The Morgan fingerprint density at radius 1 is 0.852 bits per heavy atom. The number of benzene rings is 2. The van der Waals surface area contributed by atoms with E-state index >= 15 is 0 Å². The second kappa shape index (κ2) is 6.22. The van der Waals surface area contributed by atoms with E-state index in [-0.39, 0.29) is 11.4 Å². The predicted molar refractivity (Wildman–Crippen MR) is 110 cm³/mol. The van der Waals surface area contributed by atoms with Gasteiger partial charge in [-0.25, -0.2) is 0 Å². The Balaban J connectivity index is 1.47. The summed E-state index contributed by atoms with van der Waals surface area (Å²) >= 11 is 0. The van der Waals surface area contributed by atoms with Crippen LogP contribution in [0.15, 0.2) is 42.5 Å². The van der Waals surface area contributed by atoms with Crippen molar-refractivity contribution >= 4 is 5.91 Å². The van der Waals surface area contributed by atoms with Crippen molar-refractivity contribution in [3.05, 3.63) is 59.2 Å². The van der Waals surface area contributed by atoms with Crippen LogP contribution in [-0.4, -0.2) is 11.4 Å². The molecule has 4 saturated carbocycles. The summed E-state index contributed by atoms with van der Waals surface area (Å²) in [5, 5.41) is 3.55. The Kier molecular flexibility index (Phi) is 3.93. The SMILES string of the molecule is Cc1ccc(-c2ccc(C)cc2C(=O)NC23CC4CC(CC(C4)C2)C3)cc1. The number of hydrogen-bond acceptors (Lipinski definition) is 1. The van der Waals surface area contributed by atoms with Crippen molar-refractivity contribution in [1.82, 2.24) is 5.32 Å². The molecule has 1 amide bonds. The Hall–Kier alpha value is -2.09. The van der Waals surface area contributed by atoms with Crippen LogP contribution in [0, 0.1) is 31.6 Å². The highest BCUT2D eigenvalue weighted by Gasteiger charge is 2.51.